The number of nitrogens with one attached hydrogen (secondary N) is 2. The molecule has 17 heavy (non-hydrogen) atoms. The Hall–Kier alpha value is -1.10. The number of rotatable bonds is 6. The van der Waals surface area contributed by atoms with Crippen LogP contribution in [0.4, 0.5) is 0 Å². The van der Waals surface area contributed by atoms with Crippen LogP contribution in [0.15, 0.2) is 0 Å². The van der Waals surface area contributed by atoms with Gasteiger partial charge in [0, 0.05) is 19.5 Å². The Labute approximate surface area is 102 Å². The van der Waals surface area contributed by atoms with Crippen LogP contribution >= 0.6 is 0 Å². The molecule has 0 saturated carbocycles. The molecule has 3 atom stereocenters. The average molecular weight is 242 g/mol. The fraction of sp³-hybridized carbons (Fsp3) is 0.833. The van der Waals surface area contributed by atoms with Gasteiger partial charge in [0.05, 0.1) is 5.92 Å². The van der Waals surface area contributed by atoms with Gasteiger partial charge in [0.2, 0.25) is 5.91 Å². The molecule has 5 nitrogen and oxygen atoms in total. The third kappa shape index (κ3) is 4.34. The van der Waals surface area contributed by atoms with E-state index in [1.165, 1.54) is 0 Å². The van der Waals surface area contributed by atoms with Crippen LogP contribution in [0.3, 0.4) is 0 Å². The van der Waals surface area contributed by atoms with Gasteiger partial charge in [0.25, 0.3) is 0 Å². The van der Waals surface area contributed by atoms with Crippen molar-refractivity contribution in [1.82, 2.24) is 10.6 Å². The standard InChI is InChI=1S/C12H22N2O3/c1-3-9(4-11(15)16)6-14-12(17)10-7-13-5-8(10)2/h8-10,13H,3-7H2,1-2H3,(H,14,17)(H,15,16). The molecule has 0 radical (unpaired) electrons. The first-order valence-electron chi connectivity index (χ1n) is 6.24. The minimum atomic E-state index is -0.804. The second-order valence-corrected chi connectivity index (χ2v) is 4.86. The Balaban J connectivity index is 2.33. The Bertz CT molecular complexity index is 281. The van der Waals surface area contributed by atoms with Crippen LogP contribution in [0.5, 0.6) is 0 Å². The van der Waals surface area contributed by atoms with Crippen LogP contribution in [0.25, 0.3) is 0 Å². The van der Waals surface area contributed by atoms with Crippen molar-refractivity contribution in [2.75, 3.05) is 19.6 Å². The molecule has 3 N–H and O–H groups in total. The number of carboxylic acid groups (broad SMARTS) is 1. The number of hydrogen-bond acceptors (Lipinski definition) is 3. The lowest BCUT2D eigenvalue weighted by atomic mass is 9.96. The van der Waals surface area contributed by atoms with Crippen molar-refractivity contribution in [2.45, 2.75) is 26.7 Å². The van der Waals surface area contributed by atoms with E-state index in [1.807, 2.05) is 6.92 Å². The number of carboxylic acids is 1. The molecule has 1 aliphatic heterocycles. The lowest BCUT2D eigenvalue weighted by molar-refractivity contribution is -0.138. The van der Waals surface area contributed by atoms with Crippen molar-refractivity contribution >= 4 is 11.9 Å². The van der Waals surface area contributed by atoms with Crippen molar-refractivity contribution in [2.24, 2.45) is 17.8 Å². The zero-order valence-electron chi connectivity index (χ0n) is 10.5. The Morgan fingerprint density at radius 2 is 2.18 bits per heavy atom. The van der Waals surface area contributed by atoms with Gasteiger partial charge in [0.1, 0.15) is 0 Å². The van der Waals surface area contributed by atoms with Gasteiger partial charge in [-0.05, 0) is 18.4 Å². The van der Waals surface area contributed by atoms with E-state index in [1.54, 1.807) is 0 Å². The second kappa shape index (κ2) is 6.59. The molecular weight excluding hydrogens is 220 g/mol. The minimum absolute atomic E-state index is 0.0253. The zero-order valence-corrected chi connectivity index (χ0v) is 10.5. The molecule has 0 aromatic rings. The highest BCUT2D eigenvalue weighted by Crippen LogP contribution is 2.16. The number of hydrogen-bond donors (Lipinski definition) is 3. The van der Waals surface area contributed by atoms with Crippen molar-refractivity contribution in [3.63, 3.8) is 0 Å². The third-order valence-corrected chi connectivity index (χ3v) is 3.46. The molecule has 1 saturated heterocycles. The minimum Gasteiger partial charge on any atom is -0.481 e. The summed E-state index contributed by atoms with van der Waals surface area (Å²) in [6, 6.07) is 0. The lowest BCUT2D eigenvalue weighted by Crippen LogP contribution is -2.37. The molecule has 0 aliphatic carbocycles. The van der Waals surface area contributed by atoms with Gasteiger partial charge in [-0.2, -0.15) is 0 Å². The summed E-state index contributed by atoms with van der Waals surface area (Å²) in [5.74, 6) is -0.346. The molecule has 3 unspecified atom stereocenters. The summed E-state index contributed by atoms with van der Waals surface area (Å²) >= 11 is 0. The van der Waals surface area contributed by atoms with Crippen molar-refractivity contribution in [3.8, 4) is 0 Å². The van der Waals surface area contributed by atoms with Crippen molar-refractivity contribution in [1.29, 1.82) is 0 Å². The molecule has 0 aromatic heterocycles. The van der Waals surface area contributed by atoms with Crippen LogP contribution in [0.1, 0.15) is 26.7 Å². The van der Waals surface area contributed by atoms with Gasteiger partial charge in [-0.1, -0.05) is 20.3 Å². The maximum Gasteiger partial charge on any atom is 0.303 e. The van der Waals surface area contributed by atoms with Crippen LogP contribution in [-0.4, -0.2) is 36.6 Å². The number of amides is 1. The van der Waals surface area contributed by atoms with Gasteiger partial charge in [-0.25, -0.2) is 0 Å². The molecule has 0 bridgehead atoms. The molecule has 1 heterocycles. The largest absolute Gasteiger partial charge is 0.481 e. The summed E-state index contributed by atoms with van der Waals surface area (Å²) in [6.07, 6.45) is 0.889. The molecule has 98 valence electrons. The van der Waals surface area contributed by atoms with E-state index in [-0.39, 0.29) is 24.2 Å². The van der Waals surface area contributed by atoms with E-state index in [0.717, 1.165) is 19.5 Å². The predicted molar refractivity (Wildman–Crippen MR) is 64.6 cm³/mol. The van der Waals surface area contributed by atoms with E-state index in [9.17, 15) is 9.59 Å². The van der Waals surface area contributed by atoms with Gasteiger partial charge < -0.3 is 15.7 Å². The maximum atomic E-state index is 11.9. The molecular formula is C12H22N2O3. The first kappa shape index (κ1) is 14.0. The van der Waals surface area contributed by atoms with Crippen molar-refractivity contribution in [3.05, 3.63) is 0 Å². The summed E-state index contributed by atoms with van der Waals surface area (Å²) in [7, 11) is 0. The van der Waals surface area contributed by atoms with Crippen LogP contribution in [0, 0.1) is 17.8 Å². The fourth-order valence-corrected chi connectivity index (χ4v) is 2.14. The fourth-order valence-electron chi connectivity index (χ4n) is 2.14. The first-order chi connectivity index (χ1) is 8.04. The zero-order chi connectivity index (χ0) is 12.8. The first-order valence-corrected chi connectivity index (χ1v) is 6.24. The Kier molecular flexibility index (Phi) is 5.41. The summed E-state index contributed by atoms with van der Waals surface area (Å²) < 4.78 is 0. The molecule has 0 aromatic carbocycles. The number of aliphatic carboxylic acids is 1. The third-order valence-electron chi connectivity index (χ3n) is 3.46. The molecule has 0 spiro atoms. The monoisotopic (exact) mass is 242 g/mol. The molecule has 1 aliphatic rings. The van der Waals surface area contributed by atoms with Crippen LogP contribution in [0.2, 0.25) is 0 Å². The number of carbonyl (C=O) groups is 2. The Morgan fingerprint density at radius 1 is 1.47 bits per heavy atom. The van der Waals surface area contributed by atoms with E-state index >= 15 is 0 Å². The summed E-state index contributed by atoms with van der Waals surface area (Å²) in [6.45, 7) is 6.07. The van der Waals surface area contributed by atoms with Crippen LogP contribution in [-0.2, 0) is 9.59 Å². The summed E-state index contributed by atoms with van der Waals surface area (Å²) in [4.78, 5) is 22.5. The van der Waals surface area contributed by atoms with Gasteiger partial charge in [-0.15, -0.1) is 0 Å². The highest BCUT2D eigenvalue weighted by Gasteiger charge is 2.29. The van der Waals surface area contributed by atoms with Gasteiger partial charge in [0.15, 0.2) is 0 Å². The maximum absolute atomic E-state index is 11.9. The normalized spacial score (nSPS) is 25.5. The summed E-state index contributed by atoms with van der Waals surface area (Å²) in [5, 5.41) is 14.8. The lowest BCUT2D eigenvalue weighted by Gasteiger charge is -2.17. The van der Waals surface area contributed by atoms with Crippen molar-refractivity contribution < 1.29 is 14.7 Å². The predicted octanol–water partition coefficient (Wildman–Crippen LogP) is 0.459. The SMILES string of the molecule is CCC(CNC(=O)C1CNCC1C)CC(=O)O. The summed E-state index contributed by atoms with van der Waals surface area (Å²) in [5.41, 5.74) is 0. The molecule has 1 amide bonds. The van der Waals surface area contributed by atoms with E-state index in [4.69, 9.17) is 5.11 Å². The van der Waals surface area contributed by atoms with Gasteiger partial charge in [-0.3, -0.25) is 9.59 Å². The quantitative estimate of drug-likeness (QED) is 0.632. The molecule has 1 fully saturated rings. The van der Waals surface area contributed by atoms with E-state index in [0.29, 0.717) is 12.5 Å². The van der Waals surface area contributed by atoms with E-state index < -0.39 is 5.97 Å². The smallest absolute Gasteiger partial charge is 0.303 e. The highest BCUT2D eigenvalue weighted by molar-refractivity contribution is 5.79. The van der Waals surface area contributed by atoms with Crippen LogP contribution < -0.4 is 10.6 Å². The second-order valence-electron chi connectivity index (χ2n) is 4.86. The van der Waals surface area contributed by atoms with Gasteiger partial charge >= 0.3 is 5.97 Å². The van der Waals surface area contributed by atoms with E-state index in [2.05, 4.69) is 17.6 Å². The molecule has 5 heteroatoms. The Morgan fingerprint density at radius 3 is 2.65 bits per heavy atom. The highest BCUT2D eigenvalue weighted by atomic mass is 16.4. The number of carbonyl (C=O) groups excluding carboxylic acids is 1. The molecule has 1 rings (SSSR count). The average Bonchev–Trinajstić information content (AvgIpc) is 2.69. The topological polar surface area (TPSA) is 78.4 Å².